The Balaban J connectivity index is 2.28. The average molecular weight is 572 g/mol. The topological polar surface area (TPSA) is 232 Å². The van der Waals surface area contributed by atoms with Crippen LogP contribution >= 0.6 is 0 Å². The van der Waals surface area contributed by atoms with Gasteiger partial charge in [-0.05, 0) is 36.4 Å². The van der Waals surface area contributed by atoms with Crippen molar-refractivity contribution in [3.8, 4) is 0 Å². The molecule has 0 aliphatic rings. The van der Waals surface area contributed by atoms with E-state index in [0.717, 1.165) is 36.4 Å². The molecule has 3 aromatic rings. The summed E-state index contributed by atoms with van der Waals surface area (Å²) in [5.41, 5.74) is -1.69. The van der Waals surface area contributed by atoms with Crippen molar-refractivity contribution in [2.75, 3.05) is 0 Å². The third kappa shape index (κ3) is 5.15. The molecule has 0 fully saturated rings. The van der Waals surface area contributed by atoms with E-state index < -0.39 is 79.9 Å². The zero-order valence-corrected chi connectivity index (χ0v) is 20.4. The van der Waals surface area contributed by atoms with Crippen LogP contribution in [-0.2, 0) is 29.5 Å². The second kappa shape index (κ2) is 9.64. The Labute approximate surface area is 208 Å². The van der Waals surface area contributed by atoms with Gasteiger partial charge in [0.25, 0.3) is 21.0 Å². The molecule has 0 unspecified atom stereocenters. The second-order valence-corrected chi connectivity index (χ2v) is 14.2. The van der Waals surface area contributed by atoms with E-state index in [2.05, 4.69) is 0 Å². The summed E-state index contributed by atoms with van der Waals surface area (Å²) in [5, 5.41) is 32.7. The monoisotopic (exact) mass is 571 g/mol. The third-order valence-electron chi connectivity index (χ3n) is 4.89. The summed E-state index contributed by atoms with van der Waals surface area (Å²) in [4.78, 5) is 27.4. The van der Waals surface area contributed by atoms with Gasteiger partial charge in [0, 0.05) is 36.4 Å². The maximum atomic E-state index is 13.5. The molecule has 0 bridgehead atoms. The van der Waals surface area contributed by atoms with Crippen molar-refractivity contribution < 1.29 is 40.0 Å². The molecule has 3 rings (SSSR count). The molecule has 0 saturated heterocycles. The normalized spacial score (nSPS) is 12.2. The van der Waals surface area contributed by atoms with Crippen molar-refractivity contribution in [3.05, 3.63) is 103 Å². The molecule has 37 heavy (non-hydrogen) atoms. The van der Waals surface area contributed by atoms with Crippen molar-refractivity contribution >= 4 is 46.6 Å². The van der Waals surface area contributed by atoms with E-state index in [0.29, 0.717) is 36.4 Å². The summed E-state index contributed by atoms with van der Waals surface area (Å²) in [6.45, 7) is 0. The van der Waals surface area contributed by atoms with E-state index >= 15 is 0 Å². The highest BCUT2D eigenvalue weighted by Gasteiger charge is 2.50. The predicted molar refractivity (Wildman–Crippen MR) is 125 cm³/mol. The van der Waals surface area contributed by atoms with Crippen LogP contribution in [0.4, 0.5) is 17.1 Å². The van der Waals surface area contributed by atoms with Crippen molar-refractivity contribution in [1.82, 2.24) is 0 Å². The molecule has 0 aromatic heterocycles. The summed E-state index contributed by atoms with van der Waals surface area (Å²) >= 11 is 0. The van der Waals surface area contributed by atoms with Crippen LogP contribution in [0.1, 0.15) is 0 Å². The van der Waals surface area contributed by atoms with Gasteiger partial charge < -0.3 is 0 Å². The molecule has 15 nitrogen and oxygen atoms in total. The first-order valence-corrected chi connectivity index (χ1v) is 14.2. The number of hydrogen-bond acceptors (Lipinski definition) is 12. The lowest BCUT2D eigenvalue weighted by Crippen LogP contribution is -2.38. The van der Waals surface area contributed by atoms with E-state index in [9.17, 15) is 55.6 Å². The van der Waals surface area contributed by atoms with E-state index in [1.165, 1.54) is 0 Å². The Morgan fingerprint density at radius 1 is 0.432 bits per heavy atom. The van der Waals surface area contributed by atoms with Gasteiger partial charge in [-0.1, -0.05) is 0 Å². The zero-order chi connectivity index (χ0) is 27.8. The van der Waals surface area contributed by atoms with Gasteiger partial charge in [-0.15, -0.1) is 0 Å². The van der Waals surface area contributed by atoms with Crippen LogP contribution in [0.5, 0.6) is 0 Å². The summed E-state index contributed by atoms with van der Waals surface area (Å²) in [6, 6.07) is 8.24. The number of hydrogen-bond donors (Lipinski definition) is 0. The quantitative estimate of drug-likeness (QED) is 0.266. The summed E-state index contributed by atoms with van der Waals surface area (Å²) < 4.78 is 77.5. The van der Waals surface area contributed by atoms with Gasteiger partial charge in [-0.2, -0.15) is 0 Å². The SMILES string of the molecule is O=[N+]([O-])c1ccc(S(=O)(=O)C(S(=O)(=O)c2ccc([N+](=O)[O-])cc2)S(=O)(=O)c2ccc([N+](=O)[O-])cc2)cc1. The molecular weight excluding hydrogens is 558 g/mol. The van der Waals surface area contributed by atoms with Gasteiger partial charge in [0.05, 0.1) is 29.5 Å². The van der Waals surface area contributed by atoms with Gasteiger partial charge in [0.15, 0.2) is 0 Å². The molecule has 0 saturated carbocycles. The Bertz CT molecular complexity index is 1510. The third-order valence-corrected chi connectivity index (χ3v) is 13.8. The first kappa shape index (κ1) is 27.3. The van der Waals surface area contributed by atoms with E-state index in [1.54, 1.807) is 0 Å². The summed E-state index contributed by atoms with van der Waals surface area (Å²) in [5.74, 6) is 0. The molecule has 0 amide bonds. The maximum Gasteiger partial charge on any atom is 0.275 e. The van der Waals surface area contributed by atoms with Gasteiger partial charge >= 0.3 is 0 Å². The van der Waals surface area contributed by atoms with Crippen LogP contribution in [-0.4, -0.2) is 43.9 Å². The minimum Gasteiger partial charge on any atom is -0.258 e. The van der Waals surface area contributed by atoms with Crippen molar-refractivity contribution in [3.63, 3.8) is 0 Å². The number of non-ortho nitro benzene ring substituents is 3. The highest BCUT2D eigenvalue weighted by molar-refractivity contribution is 8.24. The van der Waals surface area contributed by atoms with Gasteiger partial charge in [0.1, 0.15) is 0 Å². The van der Waals surface area contributed by atoms with E-state index in [1.807, 2.05) is 0 Å². The van der Waals surface area contributed by atoms with Crippen LogP contribution in [0.3, 0.4) is 0 Å². The highest BCUT2D eigenvalue weighted by atomic mass is 32.3. The lowest BCUT2D eigenvalue weighted by molar-refractivity contribution is -0.385. The van der Waals surface area contributed by atoms with Crippen LogP contribution < -0.4 is 0 Å². The molecule has 194 valence electrons. The van der Waals surface area contributed by atoms with Crippen molar-refractivity contribution in [2.24, 2.45) is 0 Å². The fourth-order valence-electron chi connectivity index (χ4n) is 3.11. The van der Waals surface area contributed by atoms with Crippen LogP contribution in [0.15, 0.2) is 87.5 Å². The van der Waals surface area contributed by atoms with Gasteiger partial charge in [0.2, 0.25) is 29.5 Å². The minimum atomic E-state index is -5.37. The molecule has 0 N–H and O–H groups in total. The van der Waals surface area contributed by atoms with Crippen LogP contribution in [0, 0.1) is 30.3 Å². The standard InChI is InChI=1S/C19H13N3O12S3/c23-20(24)13-1-7-16(8-2-13)35(29,30)19(36(31,32)17-9-3-14(4-10-17)21(25)26)37(33,34)18-11-5-15(6-12-18)22(27)28/h1-12,19H. The number of nitro benzene ring substituents is 3. The first-order chi connectivity index (χ1) is 17.1. The number of sulfone groups is 3. The number of benzene rings is 3. The van der Waals surface area contributed by atoms with E-state index in [-0.39, 0.29) is 0 Å². The molecule has 18 heteroatoms. The molecule has 3 aromatic carbocycles. The smallest absolute Gasteiger partial charge is 0.258 e. The maximum absolute atomic E-state index is 13.5. The predicted octanol–water partition coefficient (Wildman–Crippen LogP) is 2.42. The number of rotatable bonds is 9. The molecule has 0 aliphatic carbocycles. The fraction of sp³-hybridized carbons (Fsp3) is 0.0526. The largest absolute Gasteiger partial charge is 0.275 e. The second-order valence-electron chi connectivity index (χ2n) is 7.18. The zero-order valence-electron chi connectivity index (χ0n) is 18.0. The van der Waals surface area contributed by atoms with E-state index in [4.69, 9.17) is 0 Å². The molecular formula is C19H13N3O12S3. The number of nitro groups is 3. The Kier molecular flexibility index (Phi) is 7.11. The minimum absolute atomic E-state index is 0.563. The Hall–Kier alpha value is -4.29. The highest BCUT2D eigenvalue weighted by Crippen LogP contribution is 2.34. The first-order valence-electron chi connectivity index (χ1n) is 9.55. The Morgan fingerprint density at radius 2 is 0.622 bits per heavy atom. The Morgan fingerprint density at radius 3 is 0.784 bits per heavy atom. The molecule has 0 aliphatic heterocycles. The van der Waals surface area contributed by atoms with Gasteiger partial charge in [-0.25, -0.2) is 25.3 Å². The van der Waals surface area contributed by atoms with Crippen LogP contribution in [0.2, 0.25) is 0 Å². The lowest BCUT2D eigenvalue weighted by atomic mass is 10.3. The summed E-state index contributed by atoms with van der Waals surface area (Å²) in [7, 11) is -16.1. The van der Waals surface area contributed by atoms with Gasteiger partial charge in [-0.3, -0.25) is 30.3 Å². The lowest BCUT2D eigenvalue weighted by Gasteiger charge is -2.19. The molecule has 0 radical (unpaired) electrons. The summed E-state index contributed by atoms with van der Waals surface area (Å²) in [6.07, 6.45) is 0. The number of nitrogens with zero attached hydrogens (tertiary/aromatic N) is 3. The van der Waals surface area contributed by atoms with Crippen LogP contribution in [0.25, 0.3) is 0 Å². The van der Waals surface area contributed by atoms with Crippen molar-refractivity contribution in [2.45, 2.75) is 18.6 Å². The fourth-order valence-corrected chi connectivity index (χ4v) is 11.3. The van der Waals surface area contributed by atoms with Crippen molar-refractivity contribution in [1.29, 1.82) is 0 Å². The average Bonchev–Trinajstić information content (AvgIpc) is 2.83. The molecule has 0 heterocycles. The molecule has 0 spiro atoms. The molecule has 0 atom stereocenters.